The smallest absolute Gasteiger partial charge is 0.407 e. The molecule has 0 bridgehead atoms. The summed E-state index contributed by atoms with van der Waals surface area (Å²) < 4.78 is 6.91. The number of aromatic nitrogens is 2. The number of carboxylic acid groups (broad SMARTS) is 1. The van der Waals surface area contributed by atoms with E-state index in [1.54, 1.807) is 16.8 Å². The van der Waals surface area contributed by atoms with Crippen LogP contribution < -0.4 is 10.6 Å². The molecule has 0 fully saturated rings. The molecule has 0 aliphatic rings. The van der Waals surface area contributed by atoms with Gasteiger partial charge in [-0.1, -0.05) is 0 Å². The van der Waals surface area contributed by atoms with Crippen molar-refractivity contribution in [1.82, 2.24) is 14.7 Å². The molecule has 130 valence electrons. The fourth-order valence-electron chi connectivity index (χ4n) is 2.07. The molecular formula is C16H22N4O4. The van der Waals surface area contributed by atoms with Crippen molar-refractivity contribution in [2.75, 3.05) is 18.4 Å². The van der Waals surface area contributed by atoms with Crippen molar-refractivity contribution >= 4 is 23.4 Å². The molecule has 24 heavy (non-hydrogen) atoms. The highest BCUT2D eigenvalue weighted by Crippen LogP contribution is 2.12. The number of hydrogen-bond donors (Lipinski definition) is 3. The third-order valence-corrected chi connectivity index (χ3v) is 2.96. The van der Waals surface area contributed by atoms with Gasteiger partial charge < -0.3 is 24.9 Å². The highest BCUT2D eigenvalue weighted by molar-refractivity contribution is 5.70. The van der Waals surface area contributed by atoms with Crippen molar-refractivity contribution in [2.24, 2.45) is 0 Å². The summed E-state index contributed by atoms with van der Waals surface area (Å²) in [5, 5.41) is 14.6. The summed E-state index contributed by atoms with van der Waals surface area (Å²) in [6.45, 7) is 6.37. The minimum absolute atomic E-state index is 0.107. The molecule has 0 atom stereocenters. The molecule has 2 heterocycles. The quantitative estimate of drug-likeness (QED) is 0.697. The molecule has 0 radical (unpaired) electrons. The second-order valence-electron chi connectivity index (χ2n) is 6.34. The number of nitrogens with zero attached hydrogens (tertiary/aromatic N) is 2. The number of imidazole rings is 1. The van der Waals surface area contributed by atoms with Crippen molar-refractivity contribution in [3.63, 3.8) is 0 Å². The number of amides is 1. The third kappa shape index (κ3) is 5.45. The molecule has 2 aromatic rings. The Morgan fingerprint density at radius 2 is 2.08 bits per heavy atom. The number of hydrogen-bond acceptors (Lipinski definition) is 5. The number of ether oxygens (including phenoxy) is 1. The van der Waals surface area contributed by atoms with Gasteiger partial charge in [-0.2, -0.15) is 0 Å². The number of nitrogens with one attached hydrogen (secondary N) is 2. The lowest BCUT2D eigenvalue weighted by Gasteiger charge is -2.19. The zero-order valence-corrected chi connectivity index (χ0v) is 14.0. The molecule has 0 aliphatic carbocycles. The monoisotopic (exact) mass is 334 g/mol. The number of rotatable bonds is 6. The van der Waals surface area contributed by atoms with Gasteiger partial charge in [-0.25, -0.2) is 9.78 Å². The molecule has 2 rings (SSSR count). The number of alkyl carbamates (subject to hydrolysis) is 1. The summed E-state index contributed by atoms with van der Waals surface area (Å²) in [6, 6.07) is 3.67. The summed E-state index contributed by atoms with van der Waals surface area (Å²) in [6.07, 6.45) is 2.94. The molecule has 0 aliphatic heterocycles. The van der Waals surface area contributed by atoms with Gasteiger partial charge in [0.15, 0.2) is 0 Å². The molecule has 3 N–H and O–H groups in total. The maximum Gasteiger partial charge on any atom is 0.407 e. The van der Waals surface area contributed by atoms with Crippen molar-refractivity contribution in [3.8, 4) is 0 Å². The zero-order valence-electron chi connectivity index (χ0n) is 14.0. The van der Waals surface area contributed by atoms with Crippen LogP contribution in [-0.2, 0) is 16.0 Å². The van der Waals surface area contributed by atoms with Crippen molar-refractivity contribution < 1.29 is 19.4 Å². The minimum atomic E-state index is -0.912. The molecule has 8 nitrogen and oxygen atoms in total. The van der Waals surface area contributed by atoms with Crippen LogP contribution in [0.15, 0.2) is 24.5 Å². The van der Waals surface area contributed by atoms with E-state index in [-0.39, 0.29) is 6.42 Å². The van der Waals surface area contributed by atoms with Crippen LogP contribution in [0.4, 0.5) is 10.5 Å². The molecule has 0 aromatic carbocycles. The van der Waals surface area contributed by atoms with Crippen molar-refractivity contribution in [2.45, 2.75) is 32.8 Å². The first kappa shape index (κ1) is 17.6. The Morgan fingerprint density at radius 1 is 1.33 bits per heavy atom. The van der Waals surface area contributed by atoms with Crippen LogP contribution in [0.1, 0.15) is 26.5 Å². The molecule has 0 saturated carbocycles. The van der Waals surface area contributed by atoms with E-state index in [4.69, 9.17) is 9.84 Å². The Kier molecular flexibility index (Phi) is 5.28. The van der Waals surface area contributed by atoms with Crippen LogP contribution in [0.5, 0.6) is 0 Å². The molecule has 0 spiro atoms. The van der Waals surface area contributed by atoms with Gasteiger partial charge in [-0.3, -0.25) is 4.79 Å². The van der Waals surface area contributed by atoms with E-state index in [0.29, 0.717) is 24.4 Å². The summed E-state index contributed by atoms with van der Waals surface area (Å²) in [5.41, 5.74) is 1.49. The Morgan fingerprint density at radius 3 is 2.75 bits per heavy atom. The van der Waals surface area contributed by atoms with E-state index < -0.39 is 17.7 Å². The summed E-state index contributed by atoms with van der Waals surface area (Å²) in [7, 11) is 0. The predicted octanol–water partition coefficient (Wildman–Crippen LogP) is 1.90. The van der Waals surface area contributed by atoms with Gasteiger partial charge in [-0.05, 0) is 26.8 Å². The standard InChI is InChI=1S/C16H22N4O4/c1-16(2,3)24-15(23)18-6-5-17-11-4-7-20-10-12(9-14(21)22)19-13(20)8-11/h4,7-8,10,17H,5-6,9H2,1-3H3,(H,18,23)(H,21,22). The Hall–Kier alpha value is -2.77. The van der Waals surface area contributed by atoms with Gasteiger partial charge in [0.1, 0.15) is 11.2 Å². The molecular weight excluding hydrogens is 312 g/mol. The molecule has 0 saturated heterocycles. The van der Waals surface area contributed by atoms with E-state index in [1.165, 1.54) is 0 Å². The Bertz CT molecular complexity index is 733. The van der Waals surface area contributed by atoms with Gasteiger partial charge in [0.2, 0.25) is 0 Å². The average molecular weight is 334 g/mol. The molecule has 1 amide bonds. The first-order valence-electron chi connectivity index (χ1n) is 7.63. The number of carboxylic acids is 1. The van der Waals surface area contributed by atoms with E-state index in [9.17, 15) is 9.59 Å². The van der Waals surface area contributed by atoms with Gasteiger partial charge >= 0.3 is 12.1 Å². The second kappa shape index (κ2) is 7.20. The fourth-order valence-corrected chi connectivity index (χ4v) is 2.07. The van der Waals surface area contributed by atoms with E-state index in [1.807, 2.05) is 32.9 Å². The predicted molar refractivity (Wildman–Crippen MR) is 89.3 cm³/mol. The number of carbonyl (C=O) groups excluding carboxylic acids is 1. The van der Waals surface area contributed by atoms with Crippen LogP contribution in [0.2, 0.25) is 0 Å². The highest BCUT2D eigenvalue weighted by Gasteiger charge is 2.15. The lowest BCUT2D eigenvalue weighted by molar-refractivity contribution is -0.136. The summed E-state index contributed by atoms with van der Waals surface area (Å²) in [4.78, 5) is 26.5. The Balaban J connectivity index is 1.84. The van der Waals surface area contributed by atoms with Crippen LogP contribution >= 0.6 is 0 Å². The number of aliphatic carboxylic acids is 1. The lowest BCUT2D eigenvalue weighted by atomic mass is 10.2. The normalized spacial score (nSPS) is 11.3. The number of fused-ring (bicyclic) bond motifs is 1. The van der Waals surface area contributed by atoms with Crippen LogP contribution in [0.25, 0.3) is 5.65 Å². The topological polar surface area (TPSA) is 105 Å². The maximum absolute atomic E-state index is 11.5. The van der Waals surface area contributed by atoms with E-state index in [0.717, 1.165) is 5.69 Å². The van der Waals surface area contributed by atoms with Gasteiger partial charge in [0, 0.05) is 37.2 Å². The lowest BCUT2D eigenvalue weighted by Crippen LogP contribution is -2.34. The first-order chi connectivity index (χ1) is 11.2. The number of pyridine rings is 1. The fraction of sp³-hybridized carbons (Fsp3) is 0.438. The van der Waals surface area contributed by atoms with Gasteiger partial charge in [-0.15, -0.1) is 0 Å². The third-order valence-electron chi connectivity index (χ3n) is 2.96. The average Bonchev–Trinajstić information content (AvgIpc) is 2.82. The highest BCUT2D eigenvalue weighted by atomic mass is 16.6. The minimum Gasteiger partial charge on any atom is -0.481 e. The zero-order chi connectivity index (χ0) is 17.7. The van der Waals surface area contributed by atoms with Gasteiger partial charge in [0.25, 0.3) is 0 Å². The van der Waals surface area contributed by atoms with Crippen molar-refractivity contribution in [1.29, 1.82) is 0 Å². The first-order valence-corrected chi connectivity index (χ1v) is 7.63. The van der Waals surface area contributed by atoms with Crippen LogP contribution in [0, 0.1) is 0 Å². The number of anilines is 1. The maximum atomic E-state index is 11.5. The number of carbonyl (C=O) groups is 2. The second-order valence-corrected chi connectivity index (χ2v) is 6.34. The van der Waals surface area contributed by atoms with E-state index >= 15 is 0 Å². The SMILES string of the molecule is CC(C)(C)OC(=O)NCCNc1ccn2cc(CC(=O)O)nc2c1. The molecule has 0 unspecified atom stereocenters. The van der Waals surface area contributed by atoms with Crippen LogP contribution in [-0.4, -0.2) is 45.2 Å². The van der Waals surface area contributed by atoms with Crippen LogP contribution in [0.3, 0.4) is 0 Å². The Labute approximate surface area is 139 Å². The largest absolute Gasteiger partial charge is 0.481 e. The summed E-state index contributed by atoms with van der Waals surface area (Å²) in [5.74, 6) is -0.912. The van der Waals surface area contributed by atoms with E-state index in [2.05, 4.69) is 15.6 Å². The molecule has 2 aromatic heterocycles. The van der Waals surface area contributed by atoms with Crippen molar-refractivity contribution in [3.05, 3.63) is 30.2 Å². The van der Waals surface area contributed by atoms with Gasteiger partial charge in [0.05, 0.1) is 12.1 Å². The summed E-state index contributed by atoms with van der Waals surface area (Å²) >= 11 is 0. The molecule has 8 heteroatoms.